The fourth-order valence-corrected chi connectivity index (χ4v) is 1.72. The minimum Gasteiger partial charge on any atom is -0.366 e. The largest absolute Gasteiger partial charge is 0.366 e. The smallest absolute Gasteiger partial charge is 0.239 e. The van der Waals surface area contributed by atoms with Gasteiger partial charge in [-0.25, -0.2) is 0 Å². The molecule has 0 fully saturated rings. The lowest BCUT2D eigenvalue weighted by molar-refractivity contribution is 1.10. The van der Waals surface area contributed by atoms with Crippen molar-refractivity contribution in [3.63, 3.8) is 0 Å². The molecule has 0 bridgehead atoms. The molecule has 0 radical (unpaired) electrons. The van der Waals surface area contributed by atoms with Crippen LogP contribution in [0.3, 0.4) is 0 Å². The van der Waals surface area contributed by atoms with Crippen LogP contribution in [0.15, 0.2) is 16.6 Å². The van der Waals surface area contributed by atoms with Crippen molar-refractivity contribution in [3.8, 4) is 11.4 Å². The predicted molar refractivity (Wildman–Crippen MR) is 63.4 cm³/mol. The van der Waals surface area contributed by atoms with E-state index in [4.69, 9.17) is 5.73 Å². The first-order valence-corrected chi connectivity index (χ1v) is 5.32. The molecule has 0 saturated carbocycles. The van der Waals surface area contributed by atoms with E-state index >= 15 is 0 Å². The van der Waals surface area contributed by atoms with Gasteiger partial charge in [-0.15, -0.1) is 5.10 Å². The number of nitrogens with one attached hydrogen (secondary N) is 1. The second-order valence-corrected chi connectivity index (χ2v) is 4.26. The number of nitrogen functional groups attached to an aromatic ring is 1. The van der Waals surface area contributed by atoms with Crippen LogP contribution >= 0.6 is 15.9 Å². The predicted octanol–water partition coefficient (Wildman–Crippen LogP) is 2.43. The Balaban J connectivity index is 2.55. The zero-order valence-electron chi connectivity index (χ0n) is 8.50. The SMILES string of the molecule is Cc1cc(-c2nc(N)n[nH]2)cc(C)c1Br. The molecule has 5 heteroatoms. The molecule has 0 aliphatic carbocycles. The second kappa shape index (κ2) is 3.66. The van der Waals surface area contributed by atoms with Crippen molar-refractivity contribution in [1.29, 1.82) is 0 Å². The Morgan fingerprint density at radius 2 is 1.87 bits per heavy atom. The number of rotatable bonds is 1. The number of aromatic amines is 1. The van der Waals surface area contributed by atoms with Gasteiger partial charge < -0.3 is 5.73 Å². The van der Waals surface area contributed by atoms with Crippen molar-refractivity contribution in [3.05, 3.63) is 27.7 Å². The molecule has 4 nitrogen and oxygen atoms in total. The van der Waals surface area contributed by atoms with Crippen LogP contribution in [0, 0.1) is 13.8 Å². The molecule has 0 unspecified atom stereocenters. The molecule has 0 amide bonds. The lowest BCUT2D eigenvalue weighted by Crippen LogP contribution is -1.88. The third-order valence-corrected chi connectivity index (χ3v) is 3.46. The van der Waals surface area contributed by atoms with E-state index in [-0.39, 0.29) is 5.95 Å². The van der Waals surface area contributed by atoms with Gasteiger partial charge in [0.2, 0.25) is 5.95 Å². The van der Waals surface area contributed by atoms with Crippen molar-refractivity contribution in [2.24, 2.45) is 0 Å². The van der Waals surface area contributed by atoms with Crippen molar-refractivity contribution in [2.75, 3.05) is 5.73 Å². The quantitative estimate of drug-likeness (QED) is 0.833. The van der Waals surface area contributed by atoms with Crippen LogP contribution in [0.5, 0.6) is 0 Å². The summed E-state index contributed by atoms with van der Waals surface area (Å²) < 4.78 is 1.12. The highest BCUT2D eigenvalue weighted by Gasteiger charge is 2.07. The molecule has 0 aliphatic heterocycles. The summed E-state index contributed by atoms with van der Waals surface area (Å²) in [5.41, 5.74) is 8.79. The van der Waals surface area contributed by atoms with E-state index in [9.17, 15) is 0 Å². The fourth-order valence-electron chi connectivity index (χ4n) is 1.49. The Morgan fingerprint density at radius 3 is 2.33 bits per heavy atom. The van der Waals surface area contributed by atoms with Gasteiger partial charge in [-0.2, -0.15) is 4.98 Å². The van der Waals surface area contributed by atoms with E-state index in [0.29, 0.717) is 5.82 Å². The van der Waals surface area contributed by atoms with E-state index in [0.717, 1.165) is 10.0 Å². The molecule has 1 heterocycles. The van der Waals surface area contributed by atoms with Gasteiger partial charge in [0.1, 0.15) is 0 Å². The van der Waals surface area contributed by atoms with Crippen LogP contribution in [0.2, 0.25) is 0 Å². The maximum absolute atomic E-state index is 5.46. The highest BCUT2D eigenvalue weighted by Crippen LogP contribution is 2.26. The number of hydrogen-bond acceptors (Lipinski definition) is 3. The molecule has 0 saturated heterocycles. The summed E-state index contributed by atoms with van der Waals surface area (Å²) in [5.74, 6) is 0.967. The molecule has 1 aromatic carbocycles. The standard InChI is InChI=1S/C10H11BrN4/c1-5-3-7(4-6(2)8(5)11)9-13-10(12)15-14-9/h3-4H,1-2H3,(H3,12,13,14,15). The van der Waals surface area contributed by atoms with Crippen molar-refractivity contribution in [2.45, 2.75) is 13.8 Å². The maximum Gasteiger partial charge on any atom is 0.239 e. The highest BCUT2D eigenvalue weighted by atomic mass is 79.9. The van der Waals surface area contributed by atoms with Crippen LogP contribution in [0.25, 0.3) is 11.4 Å². The van der Waals surface area contributed by atoms with Gasteiger partial charge in [0.15, 0.2) is 5.82 Å². The van der Waals surface area contributed by atoms with E-state index < -0.39 is 0 Å². The number of anilines is 1. The van der Waals surface area contributed by atoms with E-state index in [1.165, 1.54) is 11.1 Å². The summed E-state index contributed by atoms with van der Waals surface area (Å²) in [6.07, 6.45) is 0. The Morgan fingerprint density at radius 1 is 1.27 bits per heavy atom. The first kappa shape index (κ1) is 10.2. The average Bonchev–Trinajstić information content (AvgIpc) is 2.60. The van der Waals surface area contributed by atoms with Gasteiger partial charge in [-0.1, -0.05) is 15.9 Å². The Kier molecular flexibility index (Phi) is 2.48. The fraction of sp³-hybridized carbons (Fsp3) is 0.200. The first-order valence-electron chi connectivity index (χ1n) is 4.53. The molecular formula is C10H11BrN4. The van der Waals surface area contributed by atoms with Gasteiger partial charge in [-0.05, 0) is 37.1 Å². The Hall–Kier alpha value is -1.36. The van der Waals surface area contributed by atoms with E-state index in [2.05, 4.69) is 31.1 Å². The van der Waals surface area contributed by atoms with Crippen molar-refractivity contribution < 1.29 is 0 Å². The number of hydrogen-bond donors (Lipinski definition) is 2. The summed E-state index contributed by atoms with van der Waals surface area (Å²) in [6, 6.07) is 4.08. The molecule has 0 aliphatic rings. The second-order valence-electron chi connectivity index (χ2n) is 3.47. The van der Waals surface area contributed by atoms with Crippen LogP contribution in [-0.4, -0.2) is 15.2 Å². The number of H-pyrrole nitrogens is 1. The number of nitrogens with two attached hydrogens (primary N) is 1. The summed E-state index contributed by atoms with van der Waals surface area (Å²) in [5, 5.41) is 6.60. The third kappa shape index (κ3) is 1.87. The van der Waals surface area contributed by atoms with Crippen LogP contribution in [0.1, 0.15) is 11.1 Å². The van der Waals surface area contributed by atoms with Gasteiger partial charge in [0.05, 0.1) is 0 Å². The molecule has 2 aromatic rings. The Labute approximate surface area is 96.0 Å². The number of nitrogens with zero attached hydrogens (tertiary/aromatic N) is 2. The zero-order valence-corrected chi connectivity index (χ0v) is 10.1. The van der Waals surface area contributed by atoms with Crippen LogP contribution < -0.4 is 5.73 Å². The number of halogens is 1. The molecule has 78 valence electrons. The zero-order chi connectivity index (χ0) is 11.0. The van der Waals surface area contributed by atoms with E-state index in [1.54, 1.807) is 0 Å². The lowest BCUT2D eigenvalue weighted by atomic mass is 10.1. The highest BCUT2D eigenvalue weighted by molar-refractivity contribution is 9.10. The molecule has 3 N–H and O–H groups in total. The third-order valence-electron chi connectivity index (χ3n) is 2.21. The molecule has 2 rings (SSSR count). The van der Waals surface area contributed by atoms with Gasteiger partial charge in [0, 0.05) is 10.0 Å². The minimum atomic E-state index is 0.267. The summed E-state index contributed by atoms with van der Waals surface area (Å²) in [7, 11) is 0. The molecule has 1 aromatic heterocycles. The molecule has 15 heavy (non-hydrogen) atoms. The monoisotopic (exact) mass is 266 g/mol. The van der Waals surface area contributed by atoms with Gasteiger partial charge >= 0.3 is 0 Å². The maximum atomic E-state index is 5.46. The van der Waals surface area contributed by atoms with Gasteiger partial charge in [0.25, 0.3) is 0 Å². The van der Waals surface area contributed by atoms with Crippen LogP contribution in [-0.2, 0) is 0 Å². The molecule has 0 spiro atoms. The summed E-state index contributed by atoms with van der Waals surface area (Å²) in [4.78, 5) is 4.09. The normalized spacial score (nSPS) is 10.6. The van der Waals surface area contributed by atoms with Crippen molar-refractivity contribution >= 4 is 21.9 Å². The van der Waals surface area contributed by atoms with Crippen molar-refractivity contribution in [1.82, 2.24) is 15.2 Å². The van der Waals surface area contributed by atoms with Gasteiger partial charge in [-0.3, -0.25) is 5.10 Å². The molecule has 0 atom stereocenters. The number of aromatic nitrogens is 3. The average molecular weight is 267 g/mol. The number of aryl methyl sites for hydroxylation is 2. The summed E-state index contributed by atoms with van der Waals surface area (Å²) in [6.45, 7) is 4.08. The minimum absolute atomic E-state index is 0.267. The van der Waals surface area contributed by atoms with Crippen LogP contribution in [0.4, 0.5) is 5.95 Å². The lowest BCUT2D eigenvalue weighted by Gasteiger charge is -2.05. The van der Waals surface area contributed by atoms with E-state index in [1.807, 2.05) is 26.0 Å². The molecular weight excluding hydrogens is 256 g/mol. The number of benzene rings is 1. The first-order chi connectivity index (χ1) is 7.08. The Bertz CT molecular complexity index is 481. The topological polar surface area (TPSA) is 67.6 Å². The summed E-state index contributed by atoms with van der Waals surface area (Å²) >= 11 is 3.52.